The summed E-state index contributed by atoms with van der Waals surface area (Å²) in [5.74, 6) is -1.19. The van der Waals surface area contributed by atoms with Crippen LogP contribution in [0.4, 0.5) is 8.78 Å². The molecule has 1 atom stereocenters. The fraction of sp³-hybridized carbons (Fsp3) is 0.370. The van der Waals surface area contributed by atoms with Crippen molar-refractivity contribution in [2.24, 2.45) is 5.92 Å². The molecule has 2 amide bonds. The van der Waals surface area contributed by atoms with Gasteiger partial charge in [0, 0.05) is 56.6 Å². The molecule has 1 saturated heterocycles. The Morgan fingerprint density at radius 1 is 1.11 bits per heavy atom. The van der Waals surface area contributed by atoms with Crippen LogP contribution in [-0.2, 0) is 11.2 Å². The van der Waals surface area contributed by atoms with Crippen LogP contribution in [0.5, 0.6) is 0 Å². The van der Waals surface area contributed by atoms with Gasteiger partial charge in [-0.05, 0) is 61.1 Å². The molecular weight excluding hydrogens is 450 g/mol. The average Bonchev–Trinajstić information content (AvgIpc) is 3.42. The third-order valence-corrected chi connectivity index (χ3v) is 6.87. The zero-order valence-electron chi connectivity index (χ0n) is 20.0. The molecule has 8 heteroatoms. The molecule has 1 unspecified atom stereocenters. The molecule has 3 aromatic rings. The van der Waals surface area contributed by atoms with Crippen molar-refractivity contribution in [1.82, 2.24) is 19.6 Å². The summed E-state index contributed by atoms with van der Waals surface area (Å²) < 4.78 is 29.5. The molecule has 2 heterocycles. The summed E-state index contributed by atoms with van der Waals surface area (Å²) >= 11 is 0. The van der Waals surface area contributed by atoms with Gasteiger partial charge in [-0.1, -0.05) is 19.1 Å². The number of nitrogens with zero attached hydrogens (tertiary/aromatic N) is 4. The van der Waals surface area contributed by atoms with Gasteiger partial charge in [0.25, 0.3) is 5.91 Å². The van der Waals surface area contributed by atoms with E-state index in [2.05, 4.69) is 5.10 Å². The van der Waals surface area contributed by atoms with Crippen molar-refractivity contribution in [3.8, 4) is 5.69 Å². The van der Waals surface area contributed by atoms with Crippen LogP contribution in [0.3, 0.4) is 0 Å². The summed E-state index contributed by atoms with van der Waals surface area (Å²) in [6.07, 6.45) is 5.56. The van der Waals surface area contributed by atoms with Crippen molar-refractivity contribution in [3.05, 3.63) is 83.7 Å². The number of hydrogen-bond acceptors (Lipinski definition) is 3. The molecule has 1 aliphatic rings. The van der Waals surface area contributed by atoms with Crippen LogP contribution in [0.1, 0.15) is 42.1 Å². The number of hydrogen-bond donors (Lipinski definition) is 0. The lowest BCUT2D eigenvalue weighted by Gasteiger charge is -2.40. The van der Waals surface area contributed by atoms with E-state index in [-0.39, 0.29) is 23.8 Å². The van der Waals surface area contributed by atoms with E-state index in [1.54, 1.807) is 35.8 Å². The molecule has 2 aromatic carbocycles. The summed E-state index contributed by atoms with van der Waals surface area (Å²) in [6, 6.07) is 12.5. The van der Waals surface area contributed by atoms with Crippen LogP contribution in [-0.4, -0.2) is 57.6 Å². The fourth-order valence-electron chi connectivity index (χ4n) is 4.84. The normalized spacial score (nSPS) is 15.1. The van der Waals surface area contributed by atoms with Crippen LogP contribution in [0.25, 0.3) is 5.69 Å². The maximum Gasteiger partial charge on any atom is 0.253 e. The van der Waals surface area contributed by atoms with Gasteiger partial charge in [-0.25, -0.2) is 13.5 Å². The molecule has 35 heavy (non-hydrogen) atoms. The SMILES string of the molecule is CCC(=O)N(C)C(Cc1ccc(F)cc1F)C1CCN(C(=O)c2cccc(-n3cccn3)c2)CC1. The monoisotopic (exact) mass is 480 g/mol. The lowest BCUT2D eigenvalue weighted by atomic mass is 9.84. The summed E-state index contributed by atoms with van der Waals surface area (Å²) in [4.78, 5) is 29.2. The number of benzene rings is 2. The molecule has 0 radical (unpaired) electrons. The van der Waals surface area contributed by atoms with Crippen LogP contribution in [0, 0.1) is 17.6 Å². The van der Waals surface area contributed by atoms with Crippen LogP contribution in [0.2, 0.25) is 0 Å². The smallest absolute Gasteiger partial charge is 0.253 e. The zero-order valence-corrected chi connectivity index (χ0v) is 20.0. The minimum Gasteiger partial charge on any atom is -0.342 e. The second kappa shape index (κ2) is 10.8. The lowest BCUT2D eigenvalue weighted by Crippen LogP contribution is -2.48. The van der Waals surface area contributed by atoms with E-state index in [0.29, 0.717) is 49.9 Å². The first-order valence-corrected chi connectivity index (χ1v) is 12.0. The van der Waals surface area contributed by atoms with Gasteiger partial charge in [0.15, 0.2) is 0 Å². The largest absolute Gasteiger partial charge is 0.342 e. The number of rotatable bonds is 7. The predicted octanol–water partition coefficient (Wildman–Crippen LogP) is 4.48. The van der Waals surface area contributed by atoms with E-state index >= 15 is 0 Å². The molecule has 1 aromatic heterocycles. The molecule has 1 aliphatic heterocycles. The highest BCUT2D eigenvalue weighted by atomic mass is 19.1. The van der Waals surface area contributed by atoms with Gasteiger partial charge >= 0.3 is 0 Å². The Morgan fingerprint density at radius 2 is 1.89 bits per heavy atom. The maximum atomic E-state index is 14.4. The number of piperidine rings is 1. The number of aromatic nitrogens is 2. The predicted molar refractivity (Wildman–Crippen MR) is 129 cm³/mol. The van der Waals surface area contributed by atoms with Crippen molar-refractivity contribution in [2.45, 2.75) is 38.6 Å². The summed E-state index contributed by atoms with van der Waals surface area (Å²) in [5.41, 5.74) is 1.80. The van der Waals surface area contributed by atoms with Gasteiger partial charge in [-0.3, -0.25) is 9.59 Å². The lowest BCUT2D eigenvalue weighted by molar-refractivity contribution is -0.133. The second-order valence-electron chi connectivity index (χ2n) is 9.00. The van der Waals surface area contributed by atoms with Crippen molar-refractivity contribution >= 4 is 11.8 Å². The van der Waals surface area contributed by atoms with Crippen molar-refractivity contribution in [3.63, 3.8) is 0 Å². The first kappa shape index (κ1) is 24.6. The number of halogens is 2. The average molecular weight is 481 g/mol. The highest BCUT2D eigenvalue weighted by Gasteiger charge is 2.33. The number of carbonyl (C=O) groups excluding carboxylic acids is 2. The Kier molecular flexibility index (Phi) is 7.58. The van der Waals surface area contributed by atoms with E-state index in [0.717, 1.165) is 11.8 Å². The van der Waals surface area contributed by atoms with E-state index in [1.807, 2.05) is 35.4 Å². The Bertz CT molecular complexity index is 1170. The van der Waals surface area contributed by atoms with E-state index in [1.165, 1.54) is 12.1 Å². The van der Waals surface area contributed by atoms with Gasteiger partial charge in [-0.15, -0.1) is 0 Å². The van der Waals surface area contributed by atoms with E-state index < -0.39 is 11.6 Å². The van der Waals surface area contributed by atoms with Crippen molar-refractivity contribution < 1.29 is 18.4 Å². The molecule has 0 bridgehead atoms. The third-order valence-electron chi connectivity index (χ3n) is 6.87. The standard InChI is InChI=1S/C27H30F2N4O2/c1-3-26(34)31(2)25(17-20-8-9-22(28)18-24(20)29)19-10-14-32(15-11-19)27(35)21-6-4-7-23(16-21)33-13-5-12-30-33/h4-9,12-13,16,18-19,25H,3,10-11,14-15,17H2,1-2H3. The summed E-state index contributed by atoms with van der Waals surface area (Å²) in [6.45, 7) is 2.89. The van der Waals surface area contributed by atoms with E-state index in [4.69, 9.17) is 0 Å². The Labute approximate surface area is 204 Å². The molecule has 0 N–H and O–H groups in total. The number of amides is 2. The Morgan fingerprint density at radius 3 is 2.54 bits per heavy atom. The quantitative estimate of drug-likeness (QED) is 0.501. The second-order valence-corrected chi connectivity index (χ2v) is 9.00. The van der Waals surface area contributed by atoms with Crippen LogP contribution >= 0.6 is 0 Å². The summed E-state index contributed by atoms with van der Waals surface area (Å²) in [7, 11) is 1.75. The first-order chi connectivity index (χ1) is 16.9. The number of carbonyl (C=O) groups is 2. The van der Waals surface area contributed by atoms with Gasteiger partial charge in [0.2, 0.25) is 5.91 Å². The van der Waals surface area contributed by atoms with Crippen molar-refractivity contribution in [2.75, 3.05) is 20.1 Å². The van der Waals surface area contributed by atoms with Gasteiger partial charge in [0.05, 0.1) is 5.69 Å². The van der Waals surface area contributed by atoms with Crippen LogP contribution < -0.4 is 0 Å². The minimum atomic E-state index is -0.621. The first-order valence-electron chi connectivity index (χ1n) is 12.0. The molecule has 6 nitrogen and oxygen atoms in total. The summed E-state index contributed by atoms with van der Waals surface area (Å²) in [5, 5.41) is 4.22. The maximum absolute atomic E-state index is 14.4. The number of likely N-dealkylation sites (tertiary alicyclic amines) is 1. The van der Waals surface area contributed by atoms with Gasteiger partial charge < -0.3 is 9.80 Å². The molecule has 0 spiro atoms. The molecule has 0 aliphatic carbocycles. The minimum absolute atomic E-state index is 0.0218. The zero-order chi connectivity index (χ0) is 24.9. The van der Waals surface area contributed by atoms with Crippen molar-refractivity contribution in [1.29, 1.82) is 0 Å². The Hall–Kier alpha value is -3.55. The molecule has 4 rings (SSSR count). The third kappa shape index (κ3) is 5.58. The highest BCUT2D eigenvalue weighted by molar-refractivity contribution is 5.94. The van der Waals surface area contributed by atoms with Crippen LogP contribution in [0.15, 0.2) is 60.9 Å². The molecular formula is C27H30F2N4O2. The van der Waals surface area contributed by atoms with Gasteiger partial charge in [0.1, 0.15) is 11.6 Å². The molecule has 184 valence electrons. The Balaban J connectivity index is 1.46. The molecule has 0 saturated carbocycles. The number of likely N-dealkylation sites (N-methyl/N-ethyl adjacent to an activating group) is 1. The van der Waals surface area contributed by atoms with E-state index in [9.17, 15) is 18.4 Å². The molecule has 1 fully saturated rings. The highest BCUT2D eigenvalue weighted by Crippen LogP contribution is 2.28. The fourth-order valence-corrected chi connectivity index (χ4v) is 4.84. The van der Waals surface area contributed by atoms with Gasteiger partial charge in [-0.2, -0.15) is 5.10 Å². The topological polar surface area (TPSA) is 58.4 Å².